The lowest BCUT2D eigenvalue weighted by atomic mass is 10.0. The molecule has 0 aromatic carbocycles. The predicted octanol–water partition coefficient (Wildman–Crippen LogP) is 0.606. The summed E-state index contributed by atoms with van der Waals surface area (Å²) in [5.41, 5.74) is 0. The molecular weight excluding hydrogens is 148 g/mol. The number of quaternary nitrogens is 1. The van der Waals surface area contributed by atoms with Gasteiger partial charge >= 0.3 is 0 Å². The van der Waals surface area contributed by atoms with Crippen LogP contribution in [-0.4, -0.2) is 30.6 Å². The summed E-state index contributed by atoms with van der Waals surface area (Å²) in [5.74, 6) is 0. The van der Waals surface area contributed by atoms with E-state index < -0.39 is 0 Å². The maximum absolute atomic E-state index is 3.74. The van der Waals surface area contributed by atoms with Crippen molar-refractivity contribution in [1.82, 2.24) is 4.90 Å². The van der Waals surface area contributed by atoms with E-state index in [9.17, 15) is 0 Å². The SMILES string of the molecule is [CH2-][NH2+]CCCN1CCCCC1C. The van der Waals surface area contributed by atoms with Gasteiger partial charge in [0.1, 0.15) is 0 Å². The van der Waals surface area contributed by atoms with Crippen LogP contribution >= 0.6 is 0 Å². The molecule has 2 N–H and O–H groups in total. The van der Waals surface area contributed by atoms with E-state index in [2.05, 4.69) is 18.9 Å². The van der Waals surface area contributed by atoms with Crippen molar-refractivity contribution in [2.24, 2.45) is 0 Å². The summed E-state index contributed by atoms with van der Waals surface area (Å²) in [7, 11) is 3.74. The molecule has 0 spiro atoms. The number of hydrogen-bond donors (Lipinski definition) is 1. The van der Waals surface area contributed by atoms with Gasteiger partial charge in [-0.2, -0.15) is 7.05 Å². The molecule has 1 aliphatic rings. The molecule has 1 rings (SSSR count). The Balaban J connectivity index is 2.11. The summed E-state index contributed by atoms with van der Waals surface area (Å²) in [5, 5.41) is 2.02. The van der Waals surface area contributed by atoms with E-state index in [1.54, 1.807) is 0 Å². The highest BCUT2D eigenvalue weighted by atomic mass is 15.2. The van der Waals surface area contributed by atoms with E-state index >= 15 is 0 Å². The van der Waals surface area contributed by atoms with E-state index in [0.717, 1.165) is 6.04 Å². The van der Waals surface area contributed by atoms with Crippen LogP contribution in [-0.2, 0) is 0 Å². The van der Waals surface area contributed by atoms with Gasteiger partial charge in [-0.3, -0.25) is 0 Å². The third kappa shape index (κ3) is 3.11. The molecule has 0 aliphatic carbocycles. The zero-order valence-electron chi connectivity index (χ0n) is 8.26. The molecule has 0 saturated carbocycles. The number of hydrogen-bond acceptors (Lipinski definition) is 1. The third-order valence-electron chi connectivity index (χ3n) is 2.79. The lowest BCUT2D eigenvalue weighted by molar-refractivity contribution is -0.595. The predicted molar refractivity (Wildman–Crippen MR) is 51.7 cm³/mol. The third-order valence-corrected chi connectivity index (χ3v) is 2.79. The van der Waals surface area contributed by atoms with Gasteiger partial charge in [-0.15, -0.1) is 0 Å². The highest BCUT2D eigenvalue weighted by Gasteiger charge is 2.16. The van der Waals surface area contributed by atoms with Gasteiger partial charge in [0.05, 0.1) is 6.54 Å². The van der Waals surface area contributed by atoms with Gasteiger partial charge < -0.3 is 10.2 Å². The van der Waals surface area contributed by atoms with Crippen molar-refractivity contribution in [2.75, 3.05) is 19.6 Å². The maximum Gasteiger partial charge on any atom is 0.0527 e. The molecule has 1 atom stereocenters. The lowest BCUT2D eigenvalue weighted by Gasteiger charge is -2.33. The highest BCUT2D eigenvalue weighted by molar-refractivity contribution is 4.72. The zero-order valence-corrected chi connectivity index (χ0v) is 8.26. The van der Waals surface area contributed by atoms with Gasteiger partial charge in [0.15, 0.2) is 0 Å². The summed E-state index contributed by atoms with van der Waals surface area (Å²) in [6, 6.07) is 0.823. The molecule has 1 unspecified atom stereocenters. The van der Waals surface area contributed by atoms with Crippen molar-refractivity contribution in [3.63, 3.8) is 0 Å². The Morgan fingerprint density at radius 2 is 2.33 bits per heavy atom. The number of piperidine rings is 1. The van der Waals surface area contributed by atoms with E-state index in [1.807, 2.05) is 5.32 Å². The highest BCUT2D eigenvalue weighted by Crippen LogP contribution is 2.15. The first-order chi connectivity index (χ1) is 5.84. The molecule has 1 saturated heterocycles. The van der Waals surface area contributed by atoms with Crippen LogP contribution in [0, 0.1) is 7.05 Å². The molecular formula is C10H22N2. The topological polar surface area (TPSA) is 19.9 Å². The Morgan fingerprint density at radius 1 is 1.50 bits per heavy atom. The Hall–Kier alpha value is -0.0800. The van der Waals surface area contributed by atoms with Gasteiger partial charge in [-0.05, 0) is 26.3 Å². The minimum atomic E-state index is 0.823. The van der Waals surface area contributed by atoms with E-state index in [4.69, 9.17) is 0 Å². The Kier molecular flexibility index (Phi) is 4.62. The summed E-state index contributed by atoms with van der Waals surface area (Å²) < 4.78 is 0. The van der Waals surface area contributed by atoms with E-state index in [0.29, 0.717) is 0 Å². The van der Waals surface area contributed by atoms with Crippen molar-refractivity contribution in [1.29, 1.82) is 0 Å². The molecule has 2 nitrogen and oxygen atoms in total. The van der Waals surface area contributed by atoms with Crippen LogP contribution < -0.4 is 5.32 Å². The van der Waals surface area contributed by atoms with Crippen molar-refractivity contribution >= 4 is 0 Å². The van der Waals surface area contributed by atoms with Crippen LogP contribution in [0.15, 0.2) is 0 Å². The smallest absolute Gasteiger partial charge is 0.0527 e. The Labute approximate surface area is 76.3 Å². The molecule has 0 amide bonds. The van der Waals surface area contributed by atoms with Gasteiger partial charge in [-0.25, -0.2) is 0 Å². The molecule has 1 aliphatic heterocycles. The fourth-order valence-electron chi connectivity index (χ4n) is 1.93. The Bertz CT molecular complexity index is 114. The second-order valence-corrected chi connectivity index (χ2v) is 3.81. The first-order valence-corrected chi connectivity index (χ1v) is 5.19. The molecule has 1 fully saturated rings. The fourth-order valence-corrected chi connectivity index (χ4v) is 1.93. The second kappa shape index (κ2) is 5.55. The second-order valence-electron chi connectivity index (χ2n) is 3.81. The van der Waals surface area contributed by atoms with Crippen molar-refractivity contribution < 1.29 is 5.32 Å². The zero-order chi connectivity index (χ0) is 8.81. The minimum Gasteiger partial charge on any atom is -0.479 e. The van der Waals surface area contributed by atoms with Crippen LogP contribution in [0.2, 0.25) is 0 Å². The molecule has 72 valence electrons. The van der Waals surface area contributed by atoms with Crippen LogP contribution in [0.25, 0.3) is 0 Å². The average Bonchev–Trinajstić information content (AvgIpc) is 2.09. The summed E-state index contributed by atoms with van der Waals surface area (Å²) >= 11 is 0. The fraction of sp³-hybridized carbons (Fsp3) is 0.900. The number of nitrogens with two attached hydrogens (primary N) is 1. The average molecular weight is 170 g/mol. The standard InChI is InChI=1S/C10H22N2/c1-10-6-3-4-8-12(10)9-5-7-11-2/h10H,2-9,11H2,1H3. The van der Waals surface area contributed by atoms with E-state index in [1.165, 1.54) is 45.3 Å². The van der Waals surface area contributed by atoms with Gasteiger partial charge in [0.25, 0.3) is 0 Å². The van der Waals surface area contributed by atoms with Crippen molar-refractivity contribution in [3.8, 4) is 0 Å². The summed E-state index contributed by atoms with van der Waals surface area (Å²) in [6.07, 6.45) is 5.51. The molecule has 12 heavy (non-hydrogen) atoms. The van der Waals surface area contributed by atoms with Crippen LogP contribution in [0.5, 0.6) is 0 Å². The molecule has 0 radical (unpaired) electrons. The monoisotopic (exact) mass is 170 g/mol. The van der Waals surface area contributed by atoms with E-state index in [-0.39, 0.29) is 0 Å². The molecule has 1 heterocycles. The molecule has 0 bridgehead atoms. The van der Waals surface area contributed by atoms with Gasteiger partial charge in [0.2, 0.25) is 0 Å². The summed E-state index contributed by atoms with van der Waals surface area (Å²) in [4.78, 5) is 2.62. The maximum atomic E-state index is 3.74. The molecule has 0 aromatic rings. The molecule has 2 heteroatoms. The quantitative estimate of drug-likeness (QED) is 0.484. The van der Waals surface area contributed by atoms with Crippen LogP contribution in [0.4, 0.5) is 0 Å². The normalized spacial score (nSPS) is 26.0. The summed E-state index contributed by atoms with van der Waals surface area (Å²) in [6.45, 7) is 6.11. The lowest BCUT2D eigenvalue weighted by Crippen LogP contribution is -2.77. The van der Waals surface area contributed by atoms with Crippen molar-refractivity contribution in [3.05, 3.63) is 7.05 Å². The largest absolute Gasteiger partial charge is 0.479 e. The van der Waals surface area contributed by atoms with Crippen LogP contribution in [0.3, 0.4) is 0 Å². The number of likely N-dealkylation sites (tertiary alicyclic amines) is 1. The first kappa shape index (κ1) is 10.0. The van der Waals surface area contributed by atoms with Gasteiger partial charge in [0, 0.05) is 19.0 Å². The number of rotatable bonds is 4. The minimum absolute atomic E-state index is 0.823. The molecule has 0 aromatic heterocycles. The van der Waals surface area contributed by atoms with Crippen LogP contribution in [0.1, 0.15) is 32.6 Å². The Morgan fingerprint density at radius 3 is 3.00 bits per heavy atom. The van der Waals surface area contributed by atoms with Gasteiger partial charge in [-0.1, -0.05) is 6.42 Å². The first-order valence-electron chi connectivity index (χ1n) is 5.19. The van der Waals surface area contributed by atoms with Crippen molar-refractivity contribution in [2.45, 2.75) is 38.6 Å². The number of nitrogens with zero attached hydrogens (tertiary/aromatic N) is 1.